The Labute approximate surface area is 175 Å². The van der Waals surface area contributed by atoms with Gasteiger partial charge in [-0.3, -0.25) is 9.69 Å². The van der Waals surface area contributed by atoms with E-state index in [1.165, 1.54) is 12.1 Å². The minimum atomic E-state index is -0.676. The Balaban J connectivity index is 1.38. The van der Waals surface area contributed by atoms with E-state index in [1.54, 1.807) is 11.0 Å². The molecule has 1 saturated carbocycles. The first-order valence-corrected chi connectivity index (χ1v) is 10.6. The number of hydrogen-bond donors (Lipinski definition) is 0. The number of nitrogens with zero attached hydrogens (tertiary/aromatic N) is 2. The van der Waals surface area contributed by atoms with E-state index in [2.05, 4.69) is 0 Å². The third kappa shape index (κ3) is 3.06. The first kappa shape index (κ1) is 19.1. The molecule has 2 saturated heterocycles. The second kappa shape index (κ2) is 7.11. The summed E-state index contributed by atoms with van der Waals surface area (Å²) in [7, 11) is 0. The number of carbonyl (C=O) groups excluding carboxylic acids is 2. The molecule has 0 radical (unpaired) electrons. The van der Waals surface area contributed by atoms with Crippen LogP contribution in [-0.2, 0) is 14.9 Å². The number of carbonyl (C=O) groups is 2. The van der Waals surface area contributed by atoms with E-state index in [-0.39, 0.29) is 17.8 Å². The lowest BCUT2D eigenvalue weighted by Gasteiger charge is -2.33. The Morgan fingerprint density at radius 2 is 1.73 bits per heavy atom. The van der Waals surface area contributed by atoms with Gasteiger partial charge in [-0.05, 0) is 42.7 Å². The van der Waals surface area contributed by atoms with Crippen LogP contribution in [0.15, 0.2) is 54.6 Å². The summed E-state index contributed by atoms with van der Waals surface area (Å²) in [6.07, 6.45) is 3.63. The van der Waals surface area contributed by atoms with Gasteiger partial charge in [0.2, 0.25) is 5.91 Å². The van der Waals surface area contributed by atoms with Crippen molar-refractivity contribution >= 4 is 17.7 Å². The number of anilines is 1. The molecule has 0 bridgehead atoms. The standard InChI is InChI=1S/C24H25FN2O3/c25-19-8-6-7-18(15-19)24(11-4-5-12-24)21(28)26-14-13-23(16-26)17-27(22(29)30-23)20-9-2-1-3-10-20/h1-3,6-10,15H,4-5,11-14,16-17H2/t23-/m0/s1. The van der Waals surface area contributed by atoms with Gasteiger partial charge in [-0.25, -0.2) is 9.18 Å². The molecule has 2 heterocycles. The molecule has 3 aliphatic rings. The van der Waals surface area contributed by atoms with E-state index >= 15 is 0 Å². The van der Waals surface area contributed by atoms with E-state index in [1.807, 2.05) is 41.3 Å². The van der Waals surface area contributed by atoms with Gasteiger partial charge >= 0.3 is 6.09 Å². The minimum absolute atomic E-state index is 0.0386. The molecule has 5 rings (SSSR count). The largest absolute Gasteiger partial charge is 0.439 e. The molecule has 156 valence electrons. The molecule has 6 heteroatoms. The summed E-state index contributed by atoms with van der Waals surface area (Å²) in [4.78, 5) is 29.7. The number of rotatable bonds is 3. The fraction of sp³-hybridized carbons (Fsp3) is 0.417. The van der Waals surface area contributed by atoms with Crippen molar-refractivity contribution in [3.05, 3.63) is 66.0 Å². The zero-order valence-electron chi connectivity index (χ0n) is 16.9. The van der Waals surface area contributed by atoms with Crippen molar-refractivity contribution in [2.45, 2.75) is 43.1 Å². The van der Waals surface area contributed by atoms with Crippen LogP contribution in [-0.4, -0.2) is 42.1 Å². The highest BCUT2D eigenvalue weighted by atomic mass is 19.1. The number of amides is 2. The summed E-state index contributed by atoms with van der Waals surface area (Å²) in [5.41, 5.74) is 0.219. The van der Waals surface area contributed by atoms with E-state index in [4.69, 9.17) is 4.74 Å². The van der Waals surface area contributed by atoms with Gasteiger partial charge in [0.05, 0.1) is 18.5 Å². The molecule has 5 nitrogen and oxygen atoms in total. The first-order chi connectivity index (χ1) is 14.5. The Morgan fingerprint density at radius 1 is 0.967 bits per heavy atom. The topological polar surface area (TPSA) is 49.9 Å². The average molecular weight is 408 g/mol. The highest BCUT2D eigenvalue weighted by molar-refractivity contribution is 5.91. The molecule has 2 aliphatic heterocycles. The maximum atomic E-state index is 13.9. The van der Waals surface area contributed by atoms with Crippen molar-refractivity contribution in [3.8, 4) is 0 Å². The van der Waals surface area contributed by atoms with Crippen molar-refractivity contribution in [3.63, 3.8) is 0 Å². The van der Waals surface area contributed by atoms with Crippen LogP contribution >= 0.6 is 0 Å². The molecule has 0 unspecified atom stereocenters. The summed E-state index contributed by atoms with van der Waals surface area (Å²) in [5.74, 6) is -0.274. The molecule has 1 aliphatic carbocycles. The Bertz CT molecular complexity index is 973. The Morgan fingerprint density at radius 3 is 2.47 bits per heavy atom. The molecule has 0 aromatic heterocycles. The van der Waals surface area contributed by atoms with Gasteiger partial charge < -0.3 is 9.64 Å². The van der Waals surface area contributed by atoms with Crippen LogP contribution in [0.3, 0.4) is 0 Å². The number of para-hydroxylation sites is 1. The van der Waals surface area contributed by atoms with Crippen LogP contribution in [0, 0.1) is 5.82 Å². The summed E-state index contributed by atoms with van der Waals surface area (Å²) in [6, 6.07) is 15.9. The number of hydrogen-bond acceptors (Lipinski definition) is 3. The monoisotopic (exact) mass is 408 g/mol. The van der Waals surface area contributed by atoms with E-state index < -0.39 is 11.0 Å². The maximum absolute atomic E-state index is 13.9. The zero-order valence-corrected chi connectivity index (χ0v) is 16.9. The third-order valence-corrected chi connectivity index (χ3v) is 6.89. The van der Waals surface area contributed by atoms with Gasteiger partial charge in [-0.1, -0.05) is 43.2 Å². The van der Waals surface area contributed by atoms with Crippen LogP contribution in [0.25, 0.3) is 0 Å². The van der Waals surface area contributed by atoms with Crippen molar-refractivity contribution in [2.75, 3.05) is 24.5 Å². The summed E-state index contributed by atoms with van der Waals surface area (Å²) < 4.78 is 19.7. The molecule has 2 aromatic rings. The summed E-state index contributed by atoms with van der Waals surface area (Å²) >= 11 is 0. The molecular weight excluding hydrogens is 383 g/mol. The van der Waals surface area contributed by atoms with Crippen molar-refractivity contribution in [1.29, 1.82) is 0 Å². The van der Waals surface area contributed by atoms with Crippen LogP contribution in [0.4, 0.5) is 14.9 Å². The lowest BCUT2D eigenvalue weighted by molar-refractivity contribution is -0.137. The van der Waals surface area contributed by atoms with Crippen LogP contribution < -0.4 is 4.90 Å². The predicted octanol–water partition coefficient (Wildman–Crippen LogP) is 4.27. The van der Waals surface area contributed by atoms with E-state index in [9.17, 15) is 14.0 Å². The molecule has 2 aromatic carbocycles. The van der Waals surface area contributed by atoms with Crippen LogP contribution in [0.1, 0.15) is 37.7 Å². The fourth-order valence-corrected chi connectivity index (χ4v) is 5.35. The second-order valence-electron chi connectivity index (χ2n) is 8.75. The normalized spacial score (nSPS) is 25.2. The molecule has 1 atom stereocenters. The quantitative estimate of drug-likeness (QED) is 0.762. The Hall–Kier alpha value is -2.89. The number of benzene rings is 2. The van der Waals surface area contributed by atoms with Crippen LogP contribution in [0.2, 0.25) is 0 Å². The smallest absolute Gasteiger partial charge is 0.415 e. The maximum Gasteiger partial charge on any atom is 0.415 e. The lowest BCUT2D eigenvalue weighted by atomic mass is 9.77. The van der Waals surface area contributed by atoms with E-state index in [0.29, 0.717) is 26.1 Å². The number of ether oxygens (including phenoxy) is 1. The van der Waals surface area contributed by atoms with Gasteiger partial charge in [0.15, 0.2) is 5.60 Å². The molecule has 30 heavy (non-hydrogen) atoms. The molecule has 3 fully saturated rings. The number of halogens is 1. The second-order valence-corrected chi connectivity index (χ2v) is 8.75. The lowest BCUT2D eigenvalue weighted by Crippen LogP contribution is -2.47. The third-order valence-electron chi connectivity index (χ3n) is 6.89. The van der Waals surface area contributed by atoms with Gasteiger partial charge in [0.25, 0.3) is 0 Å². The minimum Gasteiger partial charge on any atom is -0.439 e. The summed E-state index contributed by atoms with van der Waals surface area (Å²) in [5, 5.41) is 0. The highest BCUT2D eigenvalue weighted by Gasteiger charge is 2.54. The molecule has 2 amide bonds. The Kier molecular flexibility index (Phi) is 4.53. The SMILES string of the molecule is O=C1O[C@]2(CCN(C(=O)C3(c4cccc(F)c4)CCCC3)C2)CN1c1ccccc1. The van der Waals surface area contributed by atoms with Crippen molar-refractivity contribution < 1.29 is 18.7 Å². The van der Waals surface area contributed by atoms with Gasteiger partial charge in [-0.2, -0.15) is 0 Å². The van der Waals surface area contributed by atoms with Crippen molar-refractivity contribution in [2.24, 2.45) is 0 Å². The molecule has 1 spiro atoms. The highest BCUT2D eigenvalue weighted by Crippen LogP contribution is 2.45. The predicted molar refractivity (Wildman–Crippen MR) is 111 cm³/mol. The van der Waals surface area contributed by atoms with Crippen LogP contribution in [0.5, 0.6) is 0 Å². The van der Waals surface area contributed by atoms with E-state index in [0.717, 1.165) is 36.9 Å². The van der Waals surface area contributed by atoms with Crippen molar-refractivity contribution in [1.82, 2.24) is 4.90 Å². The number of likely N-dealkylation sites (tertiary alicyclic amines) is 1. The van der Waals surface area contributed by atoms with Gasteiger partial charge in [0.1, 0.15) is 5.82 Å². The average Bonchev–Trinajstić information content (AvgIpc) is 3.48. The van der Waals surface area contributed by atoms with Gasteiger partial charge in [0, 0.05) is 18.7 Å². The first-order valence-electron chi connectivity index (χ1n) is 10.6. The zero-order chi connectivity index (χ0) is 20.8. The fourth-order valence-electron chi connectivity index (χ4n) is 5.35. The van der Waals surface area contributed by atoms with Gasteiger partial charge in [-0.15, -0.1) is 0 Å². The molecule has 0 N–H and O–H groups in total. The summed E-state index contributed by atoms with van der Waals surface area (Å²) in [6.45, 7) is 1.37. The molecular formula is C24H25FN2O3.